The number of ether oxygens (including phenoxy) is 1. The Morgan fingerprint density at radius 3 is 2.56 bits per heavy atom. The molecule has 0 spiro atoms. The third-order valence-corrected chi connectivity index (χ3v) is 3.56. The quantitative estimate of drug-likeness (QED) is 0.624. The van der Waals surface area contributed by atoms with Gasteiger partial charge in [-0.1, -0.05) is 0 Å². The minimum absolute atomic E-state index is 0.107. The second kappa shape index (κ2) is 5.97. The first-order chi connectivity index (χ1) is 8.36. The number of anilines is 1. The Kier molecular flexibility index (Phi) is 4.86. The molecule has 0 aliphatic carbocycles. The smallest absolute Gasteiger partial charge is 0.177 e. The average Bonchev–Trinajstić information content (AvgIpc) is 2.27. The second-order valence-corrected chi connectivity index (χ2v) is 5.94. The molecule has 0 saturated carbocycles. The van der Waals surface area contributed by atoms with Gasteiger partial charge in [0.05, 0.1) is 17.2 Å². The fraction of sp³-hybridized carbons (Fsp3) is 0.417. The van der Waals surface area contributed by atoms with E-state index in [-0.39, 0.29) is 10.7 Å². The van der Waals surface area contributed by atoms with Crippen LogP contribution in [0, 0.1) is 0 Å². The van der Waals surface area contributed by atoms with E-state index in [1.807, 2.05) is 0 Å². The van der Waals surface area contributed by atoms with Crippen LogP contribution in [0.2, 0.25) is 0 Å². The van der Waals surface area contributed by atoms with Gasteiger partial charge in [0.2, 0.25) is 0 Å². The van der Waals surface area contributed by atoms with Gasteiger partial charge in [0.15, 0.2) is 15.6 Å². The normalized spacial score (nSPS) is 11.3. The van der Waals surface area contributed by atoms with Crippen molar-refractivity contribution < 1.29 is 17.9 Å². The Bertz CT molecular complexity index is 537. The van der Waals surface area contributed by atoms with Crippen molar-refractivity contribution in [2.45, 2.75) is 11.8 Å². The molecule has 0 aromatic heterocycles. The highest BCUT2D eigenvalue weighted by Gasteiger charge is 2.14. The van der Waals surface area contributed by atoms with Gasteiger partial charge in [-0.2, -0.15) is 0 Å². The summed E-state index contributed by atoms with van der Waals surface area (Å²) >= 11 is 0. The van der Waals surface area contributed by atoms with Crippen LogP contribution in [0.15, 0.2) is 23.1 Å². The van der Waals surface area contributed by atoms with Gasteiger partial charge in [0.25, 0.3) is 0 Å². The minimum atomic E-state index is -3.33. The molecule has 1 rings (SSSR count). The summed E-state index contributed by atoms with van der Waals surface area (Å²) in [5.74, 6) is -0.107. The van der Waals surface area contributed by atoms with Gasteiger partial charge in [-0.25, -0.2) is 8.42 Å². The Hall–Kier alpha value is -1.40. The number of benzene rings is 1. The van der Waals surface area contributed by atoms with E-state index in [1.165, 1.54) is 19.1 Å². The number of methoxy groups -OCH3 is 1. The van der Waals surface area contributed by atoms with Gasteiger partial charge < -0.3 is 10.1 Å². The molecule has 0 atom stereocenters. The summed E-state index contributed by atoms with van der Waals surface area (Å²) in [6.07, 6.45) is 1.14. The number of carbonyl (C=O) groups excluding carboxylic acids is 1. The standard InChI is InChI=1S/C12H17NO4S/c1-9(14)10-4-5-12(18(3,15)16)11(8-10)13-6-7-17-2/h4-5,8,13H,6-7H2,1-3H3. The molecular weight excluding hydrogens is 254 g/mol. The summed E-state index contributed by atoms with van der Waals surface area (Å²) in [5, 5.41) is 2.96. The van der Waals surface area contributed by atoms with Gasteiger partial charge >= 0.3 is 0 Å². The predicted octanol–water partition coefficient (Wildman–Crippen LogP) is 1.35. The molecule has 0 amide bonds. The third kappa shape index (κ3) is 3.82. The van der Waals surface area contributed by atoms with Crippen molar-refractivity contribution in [3.8, 4) is 0 Å². The fourth-order valence-corrected chi connectivity index (χ4v) is 2.34. The largest absolute Gasteiger partial charge is 0.383 e. The molecule has 100 valence electrons. The lowest BCUT2D eigenvalue weighted by atomic mass is 10.1. The highest BCUT2D eigenvalue weighted by molar-refractivity contribution is 7.90. The average molecular weight is 271 g/mol. The fourth-order valence-electron chi connectivity index (χ4n) is 1.50. The topological polar surface area (TPSA) is 72.5 Å². The maximum Gasteiger partial charge on any atom is 0.177 e. The molecule has 0 bridgehead atoms. The van der Waals surface area contributed by atoms with Crippen LogP contribution in [0.1, 0.15) is 17.3 Å². The molecule has 0 aliphatic heterocycles. The Morgan fingerprint density at radius 1 is 1.39 bits per heavy atom. The first-order valence-corrected chi connectivity index (χ1v) is 7.33. The summed E-state index contributed by atoms with van der Waals surface area (Å²) < 4.78 is 28.1. The molecule has 0 unspecified atom stereocenters. The lowest BCUT2D eigenvalue weighted by molar-refractivity contribution is 0.101. The van der Waals surface area contributed by atoms with Gasteiger partial charge in [-0.3, -0.25) is 4.79 Å². The van der Waals surface area contributed by atoms with Crippen molar-refractivity contribution >= 4 is 21.3 Å². The van der Waals surface area contributed by atoms with E-state index < -0.39 is 9.84 Å². The number of hydrogen-bond acceptors (Lipinski definition) is 5. The van der Waals surface area contributed by atoms with Crippen LogP contribution in [0.3, 0.4) is 0 Å². The molecular formula is C12H17NO4S. The zero-order valence-electron chi connectivity index (χ0n) is 10.7. The first kappa shape index (κ1) is 14.7. The van der Waals surface area contributed by atoms with E-state index in [1.54, 1.807) is 13.2 Å². The summed E-state index contributed by atoms with van der Waals surface area (Å²) in [5.41, 5.74) is 0.907. The van der Waals surface area contributed by atoms with E-state index >= 15 is 0 Å². The summed E-state index contributed by atoms with van der Waals surface area (Å²) in [6, 6.07) is 4.51. The molecule has 18 heavy (non-hydrogen) atoms. The van der Waals surface area contributed by atoms with Gasteiger partial charge in [-0.05, 0) is 25.1 Å². The van der Waals surface area contributed by atoms with Crippen LogP contribution in [0.4, 0.5) is 5.69 Å². The maximum absolute atomic E-state index is 11.6. The molecule has 0 aliphatic rings. The molecule has 1 aromatic carbocycles. The second-order valence-electron chi connectivity index (χ2n) is 3.96. The Morgan fingerprint density at radius 2 is 2.06 bits per heavy atom. The molecule has 5 nitrogen and oxygen atoms in total. The summed E-state index contributed by atoms with van der Waals surface area (Å²) in [4.78, 5) is 11.5. The molecule has 0 saturated heterocycles. The van der Waals surface area contributed by atoms with Crippen molar-refractivity contribution in [3.63, 3.8) is 0 Å². The summed E-state index contributed by atoms with van der Waals surface area (Å²) in [6.45, 7) is 2.36. The van der Waals surface area contributed by atoms with Crippen LogP contribution in [-0.4, -0.2) is 40.7 Å². The van der Waals surface area contributed by atoms with Crippen LogP contribution < -0.4 is 5.32 Å². The van der Waals surface area contributed by atoms with Crippen molar-refractivity contribution in [1.82, 2.24) is 0 Å². The first-order valence-electron chi connectivity index (χ1n) is 5.44. The van der Waals surface area contributed by atoms with Crippen LogP contribution in [0.5, 0.6) is 0 Å². The molecule has 0 fully saturated rings. The van der Waals surface area contributed by atoms with Crippen molar-refractivity contribution in [3.05, 3.63) is 23.8 Å². The summed E-state index contributed by atoms with van der Waals surface area (Å²) in [7, 11) is -1.77. The van der Waals surface area contributed by atoms with E-state index in [9.17, 15) is 13.2 Å². The van der Waals surface area contributed by atoms with Crippen molar-refractivity contribution in [2.75, 3.05) is 31.8 Å². The molecule has 6 heteroatoms. The lowest BCUT2D eigenvalue weighted by Crippen LogP contribution is -2.12. The minimum Gasteiger partial charge on any atom is -0.383 e. The number of nitrogens with one attached hydrogen (secondary N) is 1. The molecule has 0 radical (unpaired) electrons. The van der Waals surface area contributed by atoms with Gasteiger partial charge in [-0.15, -0.1) is 0 Å². The number of rotatable bonds is 6. The molecule has 0 heterocycles. The van der Waals surface area contributed by atoms with E-state index in [0.29, 0.717) is 24.4 Å². The van der Waals surface area contributed by atoms with Gasteiger partial charge in [0, 0.05) is 25.5 Å². The Labute approximate surface area is 107 Å². The molecule has 1 N–H and O–H groups in total. The molecule has 1 aromatic rings. The van der Waals surface area contributed by atoms with Gasteiger partial charge in [0.1, 0.15) is 0 Å². The highest BCUT2D eigenvalue weighted by Crippen LogP contribution is 2.23. The Balaban J connectivity index is 3.14. The zero-order valence-corrected chi connectivity index (χ0v) is 11.5. The number of Topliss-reactive ketones (excluding diaryl/α,β-unsaturated/α-hetero) is 1. The zero-order chi connectivity index (χ0) is 13.8. The number of hydrogen-bond donors (Lipinski definition) is 1. The van der Waals surface area contributed by atoms with Crippen molar-refractivity contribution in [1.29, 1.82) is 0 Å². The van der Waals surface area contributed by atoms with E-state index in [4.69, 9.17) is 4.74 Å². The van der Waals surface area contributed by atoms with E-state index in [0.717, 1.165) is 6.26 Å². The highest BCUT2D eigenvalue weighted by atomic mass is 32.2. The van der Waals surface area contributed by atoms with Crippen LogP contribution in [-0.2, 0) is 14.6 Å². The van der Waals surface area contributed by atoms with Crippen LogP contribution >= 0.6 is 0 Å². The number of sulfone groups is 1. The van der Waals surface area contributed by atoms with E-state index in [2.05, 4.69) is 5.32 Å². The lowest BCUT2D eigenvalue weighted by Gasteiger charge is -2.11. The number of ketones is 1. The third-order valence-electron chi connectivity index (χ3n) is 2.41. The number of carbonyl (C=O) groups is 1. The predicted molar refractivity (Wildman–Crippen MR) is 69.9 cm³/mol. The van der Waals surface area contributed by atoms with Crippen LogP contribution in [0.25, 0.3) is 0 Å². The monoisotopic (exact) mass is 271 g/mol. The SMILES string of the molecule is COCCNc1cc(C(C)=O)ccc1S(C)(=O)=O. The maximum atomic E-state index is 11.6. The van der Waals surface area contributed by atoms with Crippen molar-refractivity contribution in [2.24, 2.45) is 0 Å².